The molecular weight excluding hydrogens is 197 g/mol. The molecule has 0 spiro atoms. The zero-order valence-corrected chi connectivity index (χ0v) is 8.84. The zero-order valence-electron chi connectivity index (χ0n) is 8.84. The third kappa shape index (κ3) is 2.46. The molecule has 0 aliphatic carbocycles. The van der Waals surface area contributed by atoms with Gasteiger partial charge in [-0.3, -0.25) is 0 Å². The van der Waals surface area contributed by atoms with E-state index in [1.165, 1.54) is 12.1 Å². The molecule has 0 aliphatic rings. The molecule has 0 atom stereocenters. The van der Waals surface area contributed by atoms with E-state index in [2.05, 4.69) is 0 Å². The average Bonchev–Trinajstić information content (AvgIpc) is 2.21. The minimum atomic E-state index is -0.593. The summed E-state index contributed by atoms with van der Waals surface area (Å²) in [5, 5.41) is 0. The van der Waals surface area contributed by atoms with Gasteiger partial charge in [0.25, 0.3) is 0 Å². The van der Waals surface area contributed by atoms with Crippen molar-refractivity contribution in [1.82, 2.24) is 0 Å². The number of hydrogen-bond acceptors (Lipinski definition) is 3. The van der Waals surface area contributed by atoms with Crippen molar-refractivity contribution in [1.29, 1.82) is 0 Å². The number of halogens is 1. The molecule has 0 unspecified atom stereocenters. The number of ether oxygens (including phenoxy) is 1. The maximum absolute atomic E-state index is 13.1. The summed E-state index contributed by atoms with van der Waals surface area (Å²) in [5.41, 5.74) is 6.09. The topological polar surface area (TPSA) is 52.3 Å². The second-order valence-electron chi connectivity index (χ2n) is 3.29. The van der Waals surface area contributed by atoms with Crippen molar-refractivity contribution < 1.29 is 13.9 Å². The molecule has 0 aliphatic heterocycles. The maximum Gasteiger partial charge on any atom is 0.340 e. The molecule has 0 heterocycles. The lowest BCUT2D eigenvalue weighted by Gasteiger charge is -2.09. The minimum Gasteiger partial charge on any atom is -0.462 e. The Hall–Kier alpha value is -1.58. The summed E-state index contributed by atoms with van der Waals surface area (Å²) in [6.45, 7) is 3.89. The quantitative estimate of drug-likeness (QED) is 0.616. The number of benzene rings is 1. The Bertz CT molecular complexity index is 377. The fourth-order valence-corrected chi connectivity index (χ4v) is 1.24. The summed E-state index contributed by atoms with van der Waals surface area (Å²) in [7, 11) is 0. The first-order chi connectivity index (χ1) is 7.07. The molecule has 4 heteroatoms. The van der Waals surface area contributed by atoms with E-state index in [-0.39, 0.29) is 11.3 Å². The predicted molar refractivity (Wildman–Crippen MR) is 56.1 cm³/mol. The molecule has 82 valence electrons. The first kappa shape index (κ1) is 11.5. The van der Waals surface area contributed by atoms with E-state index < -0.39 is 11.8 Å². The Morgan fingerprint density at radius 2 is 2.20 bits per heavy atom. The SMILES string of the molecule is CCCOC(=O)c1c(C)ccc(F)c1N. The Kier molecular flexibility index (Phi) is 3.66. The lowest BCUT2D eigenvalue weighted by atomic mass is 10.1. The molecule has 0 saturated heterocycles. The van der Waals surface area contributed by atoms with Crippen LogP contribution in [0.3, 0.4) is 0 Å². The summed E-state index contributed by atoms with van der Waals surface area (Å²) in [4.78, 5) is 11.5. The van der Waals surface area contributed by atoms with Crippen molar-refractivity contribution in [3.05, 3.63) is 29.1 Å². The normalized spacial score (nSPS) is 10.1. The van der Waals surface area contributed by atoms with Gasteiger partial charge < -0.3 is 10.5 Å². The van der Waals surface area contributed by atoms with Gasteiger partial charge in [0.15, 0.2) is 0 Å². The van der Waals surface area contributed by atoms with Gasteiger partial charge >= 0.3 is 5.97 Å². The van der Waals surface area contributed by atoms with Gasteiger partial charge in [-0.1, -0.05) is 13.0 Å². The van der Waals surface area contributed by atoms with Crippen molar-refractivity contribution in [2.75, 3.05) is 12.3 Å². The summed E-state index contributed by atoms with van der Waals surface area (Å²) in [6, 6.07) is 2.75. The van der Waals surface area contributed by atoms with E-state index in [1.807, 2.05) is 6.92 Å². The van der Waals surface area contributed by atoms with Gasteiger partial charge in [0.05, 0.1) is 17.9 Å². The number of nitrogens with two attached hydrogens (primary N) is 1. The number of aryl methyl sites for hydroxylation is 1. The highest BCUT2D eigenvalue weighted by molar-refractivity contribution is 5.96. The highest BCUT2D eigenvalue weighted by Gasteiger charge is 2.16. The Balaban J connectivity index is 3.02. The second-order valence-corrected chi connectivity index (χ2v) is 3.29. The molecule has 0 bridgehead atoms. The highest BCUT2D eigenvalue weighted by Crippen LogP contribution is 2.21. The third-order valence-electron chi connectivity index (χ3n) is 2.04. The molecule has 0 fully saturated rings. The first-order valence-corrected chi connectivity index (χ1v) is 4.79. The molecule has 0 saturated carbocycles. The van der Waals surface area contributed by atoms with Crippen molar-refractivity contribution in [3.63, 3.8) is 0 Å². The van der Waals surface area contributed by atoms with Crippen LogP contribution in [-0.4, -0.2) is 12.6 Å². The van der Waals surface area contributed by atoms with E-state index >= 15 is 0 Å². The fourth-order valence-electron chi connectivity index (χ4n) is 1.24. The number of esters is 1. The molecular formula is C11H14FNO2. The Labute approximate surface area is 88.0 Å². The summed E-state index contributed by atoms with van der Waals surface area (Å²) in [6.07, 6.45) is 0.722. The van der Waals surface area contributed by atoms with Gasteiger partial charge in [-0.15, -0.1) is 0 Å². The molecule has 1 aromatic rings. The van der Waals surface area contributed by atoms with Crippen molar-refractivity contribution >= 4 is 11.7 Å². The van der Waals surface area contributed by atoms with E-state index in [0.29, 0.717) is 12.2 Å². The lowest BCUT2D eigenvalue weighted by molar-refractivity contribution is 0.0505. The Morgan fingerprint density at radius 1 is 1.53 bits per heavy atom. The van der Waals surface area contributed by atoms with E-state index in [4.69, 9.17) is 10.5 Å². The van der Waals surface area contributed by atoms with E-state index in [1.54, 1.807) is 6.92 Å². The van der Waals surface area contributed by atoms with E-state index in [9.17, 15) is 9.18 Å². The molecule has 2 N–H and O–H groups in total. The molecule has 0 aromatic heterocycles. The number of nitrogen functional groups attached to an aromatic ring is 1. The van der Waals surface area contributed by atoms with Crippen molar-refractivity contribution in [2.24, 2.45) is 0 Å². The van der Waals surface area contributed by atoms with Crippen LogP contribution in [0.4, 0.5) is 10.1 Å². The summed E-state index contributed by atoms with van der Waals surface area (Å²) in [5.74, 6) is -1.16. The van der Waals surface area contributed by atoms with Gasteiger partial charge in [-0.25, -0.2) is 9.18 Å². The van der Waals surface area contributed by atoms with E-state index in [0.717, 1.165) is 6.42 Å². The van der Waals surface area contributed by atoms with Crippen LogP contribution in [0.25, 0.3) is 0 Å². The molecule has 1 rings (SSSR count). The largest absolute Gasteiger partial charge is 0.462 e. The number of anilines is 1. The smallest absolute Gasteiger partial charge is 0.340 e. The van der Waals surface area contributed by atoms with Crippen LogP contribution in [0, 0.1) is 12.7 Å². The number of hydrogen-bond donors (Lipinski definition) is 1. The number of carbonyl (C=O) groups excluding carboxylic acids is 1. The standard InChI is InChI=1S/C11H14FNO2/c1-3-6-15-11(14)9-7(2)4-5-8(12)10(9)13/h4-5H,3,6,13H2,1-2H3. The maximum atomic E-state index is 13.1. The van der Waals surface area contributed by atoms with Crippen molar-refractivity contribution in [3.8, 4) is 0 Å². The van der Waals surface area contributed by atoms with Gasteiger partial charge in [0.1, 0.15) is 5.82 Å². The first-order valence-electron chi connectivity index (χ1n) is 4.79. The third-order valence-corrected chi connectivity index (χ3v) is 2.04. The Morgan fingerprint density at radius 3 is 2.80 bits per heavy atom. The van der Waals surface area contributed by atoms with Crippen LogP contribution >= 0.6 is 0 Å². The van der Waals surface area contributed by atoms with Gasteiger partial charge in [0, 0.05) is 0 Å². The minimum absolute atomic E-state index is 0.128. The van der Waals surface area contributed by atoms with Crippen LogP contribution in [0.15, 0.2) is 12.1 Å². The van der Waals surface area contributed by atoms with Gasteiger partial charge in [0.2, 0.25) is 0 Å². The van der Waals surface area contributed by atoms with Crippen LogP contribution in [0.5, 0.6) is 0 Å². The van der Waals surface area contributed by atoms with Gasteiger partial charge in [-0.2, -0.15) is 0 Å². The fraction of sp³-hybridized carbons (Fsp3) is 0.364. The van der Waals surface area contributed by atoms with Crippen LogP contribution in [-0.2, 0) is 4.74 Å². The summed E-state index contributed by atoms with van der Waals surface area (Å²) < 4.78 is 18.0. The predicted octanol–water partition coefficient (Wildman–Crippen LogP) is 2.28. The second kappa shape index (κ2) is 4.77. The molecule has 1 aromatic carbocycles. The summed E-state index contributed by atoms with van der Waals surface area (Å²) >= 11 is 0. The van der Waals surface area contributed by atoms with Crippen LogP contribution in [0.1, 0.15) is 29.3 Å². The number of carbonyl (C=O) groups is 1. The average molecular weight is 211 g/mol. The zero-order chi connectivity index (χ0) is 11.4. The van der Waals surface area contributed by atoms with Crippen LogP contribution < -0.4 is 5.73 Å². The van der Waals surface area contributed by atoms with Crippen molar-refractivity contribution in [2.45, 2.75) is 20.3 Å². The lowest BCUT2D eigenvalue weighted by Crippen LogP contribution is -2.12. The molecule has 0 radical (unpaired) electrons. The van der Waals surface area contributed by atoms with Gasteiger partial charge in [-0.05, 0) is 25.0 Å². The number of rotatable bonds is 3. The molecule has 15 heavy (non-hydrogen) atoms. The monoisotopic (exact) mass is 211 g/mol. The highest BCUT2D eigenvalue weighted by atomic mass is 19.1. The van der Waals surface area contributed by atoms with Crippen LogP contribution in [0.2, 0.25) is 0 Å². The molecule has 3 nitrogen and oxygen atoms in total. The molecule has 0 amide bonds.